The third-order valence-electron chi connectivity index (χ3n) is 3.87. The molecule has 0 bridgehead atoms. The largest absolute Gasteiger partial charge is 0.457 e. The Bertz CT molecular complexity index is 576. The molecule has 3 heteroatoms. The van der Waals surface area contributed by atoms with Crippen LogP contribution in [-0.4, -0.2) is 6.54 Å². The molecule has 0 radical (unpaired) electrons. The monoisotopic (exact) mass is 349 g/mol. The van der Waals surface area contributed by atoms with Crippen LogP contribution in [0.2, 0.25) is 0 Å². The smallest absolute Gasteiger partial charge is 0.174 e. The minimum absolute atomic E-state index is 0.180. The fourth-order valence-electron chi connectivity index (χ4n) is 2.64. The predicted octanol–water partition coefficient (Wildman–Crippen LogP) is 5.26. The first-order chi connectivity index (χ1) is 10.2. The normalized spacial score (nSPS) is 12.6. The molecule has 1 N–H and O–H groups in total. The van der Waals surface area contributed by atoms with Crippen molar-refractivity contribution in [2.24, 2.45) is 0 Å². The number of halogens is 1. The van der Waals surface area contributed by atoms with E-state index in [9.17, 15) is 0 Å². The summed E-state index contributed by atoms with van der Waals surface area (Å²) < 4.78 is 6.27. The van der Waals surface area contributed by atoms with Crippen molar-refractivity contribution >= 4 is 15.9 Å². The lowest BCUT2D eigenvalue weighted by Crippen LogP contribution is -2.24. The van der Waals surface area contributed by atoms with Crippen molar-refractivity contribution in [3.63, 3.8) is 0 Å². The quantitative estimate of drug-likeness (QED) is 0.737. The van der Waals surface area contributed by atoms with Gasteiger partial charge in [0.1, 0.15) is 0 Å². The molecule has 114 valence electrons. The number of hydrogen-bond acceptors (Lipinski definition) is 2. The molecule has 2 aromatic rings. The molecule has 0 fully saturated rings. The average molecular weight is 350 g/mol. The SMILES string of the molecule is CCCNC(c1cc(CC)ccc1CC)c1ccoc1Br. The molecule has 0 spiro atoms. The minimum atomic E-state index is 0.180. The second kappa shape index (κ2) is 7.81. The fourth-order valence-corrected chi connectivity index (χ4v) is 3.11. The van der Waals surface area contributed by atoms with Crippen LogP contribution in [0.25, 0.3) is 0 Å². The van der Waals surface area contributed by atoms with E-state index in [0.717, 1.165) is 30.5 Å². The minimum Gasteiger partial charge on any atom is -0.457 e. The van der Waals surface area contributed by atoms with Gasteiger partial charge in [0.15, 0.2) is 4.67 Å². The highest BCUT2D eigenvalue weighted by Crippen LogP contribution is 2.32. The van der Waals surface area contributed by atoms with Gasteiger partial charge in [-0.2, -0.15) is 0 Å². The lowest BCUT2D eigenvalue weighted by atomic mass is 9.92. The van der Waals surface area contributed by atoms with E-state index in [4.69, 9.17) is 4.42 Å². The first-order valence-corrected chi connectivity index (χ1v) is 8.58. The van der Waals surface area contributed by atoms with Crippen LogP contribution in [0.5, 0.6) is 0 Å². The number of benzene rings is 1. The Morgan fingerprint density at radius 1 is 1.10 bits per heavy atom. The number of nitrogens with one attached hydrogen (secondary N) is 1. The van der Waals surface area contributed by atoms with Crippen molar-refractivity contribution in [2.45, 2.75) is 46.1 Å². The van der Waals surface area contributed by atoms with Gasteiger partial charge in [-0.1, -0.05) is 39.0 Å². The molecule has 1 aromatic heterocycles. The Balaban J connectivity index is 2.47. The summed E-state index contributed by atoms with van der Waals surface area (Å²) in [5.41, 5.74) is 5.32. The number of hydrogen-bond donors (Lipinski definition) is 1. The lowest BCUT2D eigenvalue weighted by molar-refractivity contribution is 0.523. The zero-order valence-corrected chi connectivity index (χ0v) is 14.7. The van der Waals surface area contributed by atoms with Gasteiger partial charge in [-0.05, 0) is 64.5 Å². The molecule has 0 aliphatic carbocycles. The molecule has 0 amide bonds. The van der Waals surface area contributed by atoms with Gasteiger partial charge < -0.3 is 9.73 Å². The summed E-state index contributed by atoms with van der Waals surface area (Å²) in [5.74, 6) is 0. The predicted molar refractivity (Wildman–Crippen MR) is 91.7 cm³/mol. The van der Waals surface area contributed by atoms with Gasteiger partial charge in [0.05, 0.1) is 12.3 Å². The van der Waals surface area contributed by atoms with Crippen LogP contribution < -0.4 is 5.32 Å². The van der Waals surface area contributed by atoms with Gasteiger partial charge in [-0.25, -0.2) is 0 Å². The Kier molecular flexibility index (Phi) is 6.07. The molecule has 1 unspecified atom stereocenters. The van der Waals surface area contributed by atoms with Crippen molar-refractivity contribution < 1.29 is 4.42 Å². The molecule has 2 nitrogen and oxygen atoms in total. The van der Waals surface area contributed by atoms with Gasteiger partial charge in [0, 0.05) is 5.56 Å². The van der Waals surface area contributed by atoms with Gasteiger partial charge >= 0.3 is 0 Å². The maximum Gasteiger partial charge on any atom is 0.174 e. The molecule has 2 rings (SSSR count). The molecule has 0 saturated heterocycles. The number of aryl methyl sites for hydroxylation is 2. The van der Waals surface area contributed by atoms with Crippen molar-refractivity contribution in [2.75, 3.05) is 6.54 Å². The summed E-state index contributed by atoms with van der Waals surface area (Å²) in [7, 11) is 0. The first-order valence-electron chi connectivity index (χ1n) is 7.79. The van der Waals surface area contributed by atoms with Crippen molar-refractivity contribution in [3.8, 4) is 0 Å². The molecule has 21 heavy (non-hydrogen) atoms. The molecular formula is C18H24BrNO. The highest BCUT2D eigenvalue weighted by atomic mass is 79.9. The highest BCUT2D eigenvalue weighted by molar-refractivity contribution is 9.10. The Hall–Kier alpha value is -1.06. The average Bonchev–Trinajstić information content (AvgIpc) is 2.93. The molecule has 0 aliphatic heterocycles. The van der Waals surface area contributed by atoms with Crippen LogP contribution in [0, 0.1) is 0 Å². The van der Waals surface area contributed by atoms with E-state index in [2.05, 4.69) is 66.3 Å². The third-order valence-corrected chi connectivity index (χ3v) is 4.51. The summed E-state index contributed by atoms with van der Waals surface area (Å²) in [5, 5.41) is 3.66. The van der Waals surface area contributed by atoms with Crippen molar-refractivity contribution in [3.05, 3.63) is 57.5 Å². The summed E-state index contributed by atoms with van der Waals surface area (Å²) >= 11 is 3.53. The van der Waals surface area contributed by atoms with Gasteiger partial charge in [-0.3, -0.25) is 0 Å². The molecule has 1 aromatic carbocycles. The van der Waals surface area contributed by atoms with Crippen LogP contribution in [-0.2, 0) is 12.8 Å². The summed E-state index contributed by atoms with van der Waals surface area (Å²) in [4.78, 5) is 0. The van der Waals surface area contributed by atoms with Crippen LogP contribution in [0.1, 0.15) is 55.5 Å². The van der Waals surface area contributed by atoms with E-state index in [0.29, 0.717) is 0 Å². The lowest BCUT2D eigenvalue weighted by Gasteiger charge is -2.22. The van der Waals surface area contributed by atoms with E-state index in [1.54, 1.807) is 6.26 Å². The maximum atomic E-state index is 5.45. The fraction of sp³-hybridized carbons (Fsp3) is 0.444. The van der Waals surface area contributed by atoms with Crippen LogP contribution in [0.4, 0.5) is 0 Å². The van der Waals surface area contributed by atoms with Crippen molar-refractivity contribution in [1.82, 2.24) is 5.32 Å². The van der Waals surface area contributed by atoms with Crippen LogP contribution in [0.3, 0.4) is 0 Å². The van der Waals surface area contributed by atoms with Gasteiger partial charge in [0.2, 0.25) is 0 Å². The number of rotatable bonds is 7. The van der Waals surface area contributed by atoms with Crippen LogP contribution >= 0.6 is 15.9 Å². The molecule has 0 saturated carbocycles. The maximum absolute atomic E-state index is 5.45. The van der Waals surface area contributed by atoms with Crippen LogP contribution in [0.15, 0.2) is 39.6 Å². The van der Waals surface area contributed by atoms with E-state index in [1.807, 2.05) is 0 Å². The molecule has 1 heterocycles. The van der Waals surface area contributed by atoms with Gasteiger partial charge in [-0.15, -0.1) is 0 Å². The van der Waals surface area contributed by atoms with E-state index in [1.165, 1.54) is 22.3 Å². The van der Waals surface area contributed by atoms with E-state index >= 15 is 0 Å². The summed E-state index contributed by atoms with van der Waals surface area (Å²) in [6.45, 7) is 7.60. The summed E-state index contributed by atoms with van der Waals surface area (Å²) in [6.07, 6.45) is 4.96. The van der Waals surface area contributed by atoms with Crippen molar-refractivity contribution in [1.29, 1.82) is 0 Å². The van der Waals surface area contributed by atoms with E-state index < -0.39 is 0 Å². The topological polar surface area (TPSA) is 25.2 Å². The summed E-state index contributed by atoms with van der Waals surface area (Å²) in [6, 6.07) is 9.08. The third kappa shape index (κ3) is 3.78. The Morgan fingerprint density at radius 2 is 1.90 bits per heavy atom. The van der Waals surface area contributed by atoms with E-state index in [-0.39, 0.29) is 6.04 Å². The standard InChI is InChI=1S/C18H24BrNO/c1-4-10-20-17(15-9-11-21-18(15)19)16-12-13(5-2)7-8-14(16)6-3/h7-9,11-12,17,20H,4-6,10H2,1-3H3. The highest BCUT2D eigenvalue weighted by Gasteiger charge is 2.20. The zero-order valence-electron chi connectivity index (χ0n) is 13.1. The second-order valence-electron chi connectivity index (χ2n) is 5.28. The first kappa shape index (κ1) is 16.3. The molecule has 0 aliphatic rings. The number of furan rings is 1. The molecular weight excluding hydrogens is 326 g/mol. The van der Waals surface area contributed by atoms with Gasteiger partial charge in [0.25, 0.3) is 0 Å². The Morgan fingerprint density at radius 3 is 2.48 bits per heavy atom. The second-order valence-corrected chi connectivity index (χ2v) is 6.00. The zero-order chi connectivity index (χ0) is 15.2. The Labute approximate surface area is 136 Å². The molecule has 1 atom stereocenters.